The zero-order valence-electron chi connectivity index (χ0n) is 14.7. The van der Waals surface area contributed by atoms with Crippen molar-refractivity contribution in [3.05, 3.63) is 36.5 Å². The van der Waals surface area contributed by atoms with E-state index >= 15 is 0 Å². The second-order valence-electron chi connectivity index (χ2n) is 5.53. The maximum Gasteiger partial charge on any atom is 0.227 e. The lowest BCUT2D eigenvalue weighted by Crippen LogP contribution is -2.11. The predicted octanol–water partition coefficient (Wildman–Crippen LogP) is 2.06. The molecule has 0 radical (unpaired) electrons. The number of carbonyl (C=O) groups excluding carboxylic acids is 1. The second-order valence-corrected chi connectivity index (χ2v) is 5.53. The quantitative estimate of drug-likeness (QED) is 0.690. The largest absolute Gasteiger partial charge is 0.493 e. The van der Waals surface area contributed by atoms with Crippen LogP contribution in [-0.2, 0) is 18.3 Å². The van der Waals surface area contributed by atoms with Gasteiger partial charge >= 0.3 is 0 Å². The summed E-state index contributed by atoms with van der Waals surface area (Å²) in [6, 6.07) is 5.35. The Bertz CT molecular complexity index is 902. The number of benzene rings is 1. The summed E-state index contributed by atoms with van der Waals surface area (Å²) in [7, 11) is 4.91. The van der Waals surface area contributed by atoms with Crippen LogP contribution in [0.25, 0.3) is 11.4 Å². The van der Waals surface area contributed by atoms with Gasteiger partial charge in [0, 0.05) is 31.6 Å². The highest BCUT2D eigenvalue weighted by Gasteiger charge is 2.13. The first kappa shape index (κ1) is 17.5. The molecule has 1 N–H and O–H groups in total. The van der Waals surface area contributed by atoms with Crippen LogP contribution < -0.4 is 14.8 Å². The molecule has 0 atom stereocenters. The summed E-state index contributed by atoms with van der Waals surface area (Å²) in [6.45, 7) is 0. The Morgan fingerprint density at radius 3 is 2.77 bits per heavy atom. The first-order valence-corrected chi connectivity index (χ1v) is 7.92. The molecule has 0 unspecified atom stereocenters. The molecule has 9 heteroatoms. The maximum absolute atomic E-state index is 12.0. The van der Waals surface area contributed by atoms with E-state index < -0.39 is 0 Å². The molecule has 0 spiro atoms. The Morgan fingerprint density at radius 1 is 1.27 bits per heavy atom. The van der Waals surface area contributed by atoms with Gasteiger partial charge in [0.15, 0.2) is 11.5 Å². The minimum absolute atomic E-state index is 0.149. The van der Waals surface area contributed by atoms with Crippen LogP contribution in [-0.4, -0.2) is 40.0 Å². The number of amides is 1. The van der Waals surface area contributed by atoms with Gasteiger partial charge in [0.25, 0.3) is 0 Å². The van der Waals surface area contributed by atoms with E-state index in [1.165, 1.54) is 0 Å². The highest BCUT2D eigenvalue weighted by atomic mass is 16.5. The standard InChI is InChI=1S/C17H19N5O4/c1-22-10-12(9-18-22)19-15(23)6-7-16-20-17(21-26-16)11-4-5-13(24-2)14(8-11)25-3/h4-5,8-10H,6-7H2,1-3H3,(H,19,23). The minimum Gasteiger partial charge on any atom is -0.493 e. The van der Waals surface area contributed by atoms with Crippen LogP contribution in [0, 0.1) is 0 Å². The fourth-order valence-corrected chi connectivity index (χ4v) is 2.38. The van der Waals surface area contributed by atoms with Crippen LogP contribution in [0.1, 0.15) is 12.3 Å². The van der Waals surface area contributed by atoms with Gasteiger partial charge in [-0.1, -0.05) is 5.16 Å². The van der Waals surface area contributed by atoms with Crippen LogP contribution >= 0.6 is 0 Å². The van der Waals surface area contributed by atoms with Crippen molar-refractivity contribution in [3.8, 4) is 22.9 Å². The molecule has 0 saturated heterocycles. The molecule has 26 heavy (non-hydrogen) atoms. The molecule has 2 heterocycles. The Morgan fingerprint density at radius 2 is 2.08 bits per heavy atom. The maximum atomic E-state index is 12.0. The predicted molar refractivity (Wildman–Crippen MR) is 93.0 cm³/mol. The van der Waals surface area contributed by atoms with Gasteiger partial charge in [-0.2, -0.15) is 10.1 Å². The number of anilines is 1. The number of hydrogen-bond donors (Lipinski definition) is 1. The molecule has 0 aliphatic carbocycles. The summed E-state index contributed by atoms with van der Waals surface area (Å²) < 4.78 is 17.3. The first-order valence-electron chi connectivity index (χ1n) is 7.92. The second kappa shape index (κ2) is 7.68. The molecule has 0 fully saturated rings. The van der Waals surface area contributed by atoms with Crippen LogP contribution in [0.15, 0.2) is 35.1 Å². The van der Waals surface area contributed by atoms with E-state index in [4.69, 9.17) is 14.0 Å². The van der Waals surface area contributed by atoms with Gasteiger partial charge in [-0.3, -0.25) is 9.48 Å². The average Bonchev–Trinajstić information content (AvgIpc) is 3.28. The Hall–Kier alpha value is -3.36. The van der Waals surface area contributed by atoms with Crippen molar-refractivity contribution in [1.82, 2.24) is 19.9 Å². The van der Waals surface area contributed by atoms with Crippen molar-refractivity contribution in [2.24, 2.45) is 7.05 Å². The van der Waals surface area contributed by atoms with E-state index in [1.54, 1.807) is 50.5 Å². The summed E-state index contributed by atoms with van der Waals surface area (Å²) in [5.41, 5.74) is 1.38. The zero-order chi connectivity index (χ0) is 18.5. The Kier molecular flexibility index (Phi) is 5.16. The number of ether oxygens (including phenoxy) is 2. The van der Waals surface area contributed by atoms with Gasteiger partial charge in [-0.25, -0.2) is 0 Å². The Labute approximate surface area is 149 Å². The fourth-order valence-electron chi connectivity index (χ4n) is 2.38. The molecule has 0 bridgehead atoms. The van der Waals surface area contributed by atoms with Gasteiger partial charge in [0.05, 0.1) is 26.1 Å². The lowest BCUT2D eigenvalue weighted by Gasteiger charge is -2.07. The molecular weight excluding hydrogens is 338 g/mol. The summed E-state index contributed by atoms with van der Waals surface area (Å²) in [5.74, 6) is 1.85. The van der Waals surface area contributed by atoms with Gasteiger partial charge in [0.1, 0.15) is 0 Å². The van der Waals surface area contributed by atoms with Gasteiger partial charge in [-0.05, 0) is 18.2 Å². The lowest BCUT2D eigenvalue weighted by atomic mass is 10.2. The van der Waals surface area contributed by atoms with E-state index in [-0.39, 0.29) is 12.3 Å². The number of methoxy groups -OCH3 is 2. The van der Waals surface area contributed by atoms with Crippen LogP contribution in [0.5, 0.6) is 11.5 Å². The molecule has 0 saturated carbocycles. The summed E-state index contributed by atoms with van der Waals surface area (Å²) in [5, 5.41) is 10.7. The monoisotopic (exact) mass is 357 g/mol. The Balaban J connectivity index is 1.62. The molecule has 0 aliphatic heterocycles. The smallest absolute Gasteiger partial charge is 0.227 e. The van der Waals surface area contributed by atoms with E-state index in [0.717, 1.165) is 5.56 Å². The number of aryl methyl sites for hydroxylation is 2. The van der Waals surface area contributed by atoms with Crippen LogP contribution in [0.2, 0.25) is 0 Å². The number of rotatable bonds is 7. The normalized spacial score (nSPS) is 10.6. The molecule has 136 valence electrons. The topological polar surface area (TPSA) is 104 Å². The fraction of sp³-hybridized carbons (Fsp3) is 0.294. The summed E-state index contributed by atoms with van der Waals surface area (Å²) >= 11 is 0. The third kappa shape index (κ3) is 4.00. The molecule has 3 rings (SSSR count). The number of carbonyl (C=O) groups is 1. The number of aromatic nitrogens is 4. The molecule has 3 aromatic rings. The van der Waals surface area contributed by atoms with Crippen molar-refractivity contribution >= 4 is 11.6 Å². The molecule has 2 aromatic heterocycles. The van der Waals surface area contributed by atoms with E-state index in [9.17, 15) is 4.79 Å². The van der Waals surface area contributed by atoms with Gasteiger partial charge in [0.2, 0.25) is 17.6 Å². The molecule has 1 aromatic carbocycles. The minimum atomic E-state index is -0.149. The van der Waals surface area contributed by atoms with Crippen LogP contribution in [0.4, 0.5) is 5.69 Å². The zero-order valence-corrected chi connectivity index (χ0v) is 14.7. The van der Waals surface area contributed by atoms with Crippen LogP contribution in [0.3, 0.4) is 0 Å². The van der Waals surface area contributed by atoms with E-state index in [0.29, 0.717) is 35.3 Å². The lowest BCUT2D eigenvalue weighted by molar-refractivity contribution is -0.116. The first-order chi connectivity index (χ1) is 12.6. The number of hydrogen-bond acceptors (Lipinski definition) is 7. The SMILES string of the molecule is COc1ccc(-c2noc(CCC(=O)Nc3cnn(C)c3)n2)cc1OC. The highest BCUT2D eigenvalue weighted by Crippen LogP contribution is 2.31. The molecule has 9 nitrogen and oxygen atoms in total. The third-order valence-electron chi connectivity index (χ3n) is 3.66. The number of nitrogens with zero attached hydrogens (tertiary/aromatic N) is 4. The van der Waals surface area contributed by atoms with E-state index in [1.807, 2.05) is 6.07 Å². The van der Waals surface area contributed by atoms with E-state index in [2.05, 4.69) is 20.6 Å². The third-order valence-corrected chi connectivity index (χ3v) is 3.66. The summed E-state index contributed by atoms with van der Waals surface area (Å²) in [6.07, 6.45) is 3.87. The highest BCUT2D eigenvalue weighted by molar-refractivity contribution is 5.90. The van der Waals surface area contributed by atoms with Crippen molar-refractivity contribution in [3.63, 3.8) is 0 Å². The van der Waals surface area contributed by atoms with Crippen molar-refractivity contribution < 1.29 is 18.8 Å². The van der Waals surface area contributed by atoms with Gasteiger partial charge < -0.3 is 19.3 Å². The number of nitrogens with one attached hydrogen (secondary N) is 1. The van der Waals surface area contributed by atoms with Crippen molar-refractivity contribution in [1.29, 1.82) is 0 Å². The van der Waals surface area contributed by atoms with Crippen molar-refractivity contribution in [2.75, 3.05) is 19.5 Å². The van der Waals surface area contributed by atoms with Crippen molar-refractivity contribution in [2.45, 2.75) is 12.8 Å². The average molecular weight is 357 g/mol. The van der Waals surface area contributed by atoms with Gasteiger partial charge in [-0.15, -0.1) is 0 Å². The molecular formula is C17H19N5O4. The molecule has 0 aliphatic rings. The molecule has 1 amide bonds. The summed E-state index contributed by atoms with van der Waals surface area (Å²) in [4.78, 5) is 16.3.